The average Bonchev–Trinajstić information content (AvgIpc) is 2.55. The van der Waals surface area contributed by atoms with E-state index in [1.54, 1.807) is 0 Å². The highest BCUT2D eigenvalue weighted by Gasteiger charge is 2.42. The fraction of sp³-hybridized carbons (Fsp3) is 1.00. The fourth-order valence-electron chi connectivity index (χ4n) is 1.71. The summed E-state index contributed by atoms with van der Waals surface area (Å²) in [6.45, 7) is 4.23. The van der Waals surface area contributed by atoms with Crippen LogP contribution in [0.15, 0.2) is 0 Å². The second kappa shape index (κ2) is 2.73. The summed E-state index contributed by atoms with van der Waals surface area (Å²) in [5.74, 6) is -0.448. The third-order valence-corrected chi connectivity index (χ3v) is 2.38. The van der Waals surface area contributed by atoms with Gasteiger partial charge in [0.25, 0.3) is 0 Å². The van der Waals surface area contributed by atoms with Gasteiger partial charge in [0.15, 0.2) is 5.79 Å². The Hall–Kier alpha value is -0.120. The lowest BCUT2D eigenvalue weighted by Crippen LogP contribution is -2.39. The molecular weight excluding hydrogens is 144 g/mol. The zero-order valence-electron chi connectivity index (χ0n) is 6.84. The van der Waals surface area contributed by atoms with E-state index in [9.17, 15) is 0 Å². The van der Waals surface area contributed by atoms with Crippen molar-refractivity contribution in [3.8, 4) is 0 Å². The van der Waals surface area contributed by atoms with Crippen molar-refractivity contribution in [2.24, 2.45) is 0 Å². The van der Waals surface area contributed by atoms with Crippen molar-refractivity contribution in [2.75, 3.05) is 19.8 Å². The molecule has 0 aromatic carbocycles. The van der Waals surface area contributed by atoms with Crippen molar-refractivity contribution in [3.63, 3.8) is 0 Å². The Bertz CT molecular complexity index is 134. The largest absolute Gasteiger partial charge is 0.373 e. The molecule has 1 atom stereocenters. The Balaban J connectivity index is 2.00. The van der Waals surface area contributed by atoms with Crippen LogP contribution >= 0.6 is 0 Å². The zero-order valence-corrected chi connectivity index (χ0v) is 6.84. The summed E-state index contributed by atoms with van der Waals surface area (Å²) in [6.07, 6.45) is 2.36. The van der Waals surface area contributed by atoms with E-state index in [2.05, 4.69) is 0 Å². The van der Waals surface area contributed by atoms with Gasteiger partial charge in [0.2, 0.25) is 0 Å². The Morgan fingerprint density at radius 2 is 1.91 bits per heavy atom. The standard InChI is InChI=1S/C8H14O3/c1-8(10-5-6-11-8)7-3-2-4-9-7/h7H,2-6H2,1H3. The number of hydrogen-bond donors (Lipinski definition) is 0. The van der Waals surface area contributed by atoms with E-state index in [-0.39, 0.29) is 6.10 Å². The monoisotopic (exact) mass is 158 g/mol. The van der Waals surface area contributed by atoms with Crippen LogP contribution in [0.2, 0.25) is 0 Å². The Morgan fingerprint density at radius 1 is 1.18 bits per heavy atom. The lowest BCUT2D eigenvalue weighted by molar-refractivity contribution is -0.209. The van der Waals surface area contributed by atoms with E-state index >= 15 is 0 Å². The predicted molar refractivity (Wildman–Crippen MR) is 39.3 cm³/mol. The molecule has 2 rings (SSSR count). The number of hydrogen-bond acceptors (Lipinski definition) is 3. The summed E-state index contributed by atoms with van der Waals surface area (Å²) in [4.78, 5) is 0. The Morgan fingerprint density at radius 3 is 2.45 bits per heavy atom. The molecule has 0 radical (unpaired) electrons. The van der Waals surface area contributed by atoms with E-state index < -0.39 is 5.79 Å². The van der Waals surface area contributed by atoms with Crippen LogP contribution in [0.4, 0.5) is 0 Å². The third kappa shape index (κ3) is 1.28. The van der Waals surface area contributed by atoms with Crippen LogP contribution in [0, 0.1) is 0 Å². The van der Waals surface area contributed by atoms with Crippen LogP contribution in [0.25, 0.3) is 0 Å². The first kappa shape index (κ1) is 7.53. The molecule has 64 valence electrons. The highest BCUT2D eigenvalue weighted by molar-refractivity contribution is 4.82. The maximum Gasteiger partial charge on any atom is 0.191 e. The minimum atomic E-state index is -0.448. The lowest BCUT2D eigenvalue weighted by Gasteiger charge is -2.27. The molecule has 0 aliphatic carbocycles. The first-order valence-corrected chi connectivity index (χ1v) is 4.21. The number of ether oxygens (including phenoxy) is 3. The van der Waals surface area contributed by atoms with Crippen LogP contribution in [0.5, 0.6) is 0 Å². The molecule has 11 heavy (non-hydrogen) atoms. The van der Waals surface area contributed by atoms with E-state index in [1.807, 2.05) is 6.92 Å². The molecule has 1 unspecified atom stereocenters. The van der Waals surface area contributed by atoms with Crippen LogP contribution in [0.3, 0.4) is 0 Å². The minimum Gasteiger partial charge on any atom is -0.373 e. The summed E-state index contributed by atoms with van der Waals surface area (Å²) < 4.78 is 16.4. The SMILES string of the molecule is CC1(C2CCCO2)OCCO1. The molecular formula is C8H14O3. The van der Waals surface area contributed by atoms with Gasteiger partial charge in [-0.1, -0.05) is 0 Å². The van der Waals surface area contributed by atoms with Gasteiger partial charge in [-0.25, -0.2) is 0 Å². The molecule has 2 saturated heterocycles. The topological polar surface area (TPSA) is 27.7 Å². The van der Waals surface area contributed by atoms with E-state index in [0.29, 0.717) is 13.2 Å². The summed E-state index contributed by atoms with van der Waals surface area (Å²) in [6, 6.07) is 0. The minimum absolute atomic E-state index is 0.157. The molecule has 0 saturated carbocycles. The van der Waals surface area contributed by atoms with Gasteiger partial charge in [-0.15, -0.1) is 0 Å². The van der Waals surface area contributed by atoms with Crippen molar-refractivity contribution in [1.82, 2.24) is 0 Å². The van der Waals surface area contributed by atoms with Gasteiger partial charge < -0.3 is 14.2 Å². The highest BCUT2D eigenvalue weighted by atomic mass is 16.8. The van der Waals surface area contributed by atoms with Gasteiger partial charge >= 0.3 is 0 Å². The van der Waals surface area contributed by atoms with Crippen molar-refractivity contribution in [1.29, 1.82) is 0 Å². The third-order valence-electron chi connectivity index (χ3n) is 2.38. The van der Waals surface area contributed by atoms with Crippen LogP contribution in [-0.2, 0) is 14.2 Å². The molecule has 0 amide bonds. The summed E-state index contributed by atoms with van der Waals surface area (Å²) in [5.41, 5.74) is 0. The highest BCUT2D eigenvalue weighted by Crippen LogP contribution is 2.30. The van der Waals surface area contributed by atoms with Crippen molar-refractivity contribution in [2.45, 2.75) is 31.7 Å². The normalized spacial score (nSPS) is 36.3. The summed E-state index contributed by atoms with van der Waals surface area (Å²) in [7, 11) is 0. The van der Waals surface area contributed by atoms with Gasteiger partial charge in [0.1, 0.15) is 6.10 Å². The molecule has 2 aliphatic heterocycles. The molecule has 2 aliphatic rings. The van der Waals surface area contributed by atoms with Crippen LogP contribution < -0.4 is 0 Å². The van der Waals surface area contributed by atoms with Crippen molar-refractivity contribution < 1.29 is 14.2 Å². The van der Waals surface area contributed by atoms with Gasteiger partial charge in [0, 0.05) is 6.61 Å². The fourth-order valence-corrected chi connectivity index (χ4v) is 1.71. The maximum atomic E-state index is 5.49. The molecule has 3 nitrogen and oxygen atoms in total. The van der Waals surface area contributed by atoms with Crippen LogP contribution in [0.1, 0.15) is 19.8 Å². The molecule has 0 bridgehead atoms. The van der Waals surface area contributed by atoms with Crippen molar-refractivity contribution >= 4 is 0 Å². The van der Waals surface area contributed by atoms with Gasteiger partial charge in [-0.05, 0) is 19.8 Å². The lowest BCUT2D eigenvalue weighted by atomic mass is 10.1. The van der Waals surface area contributed by atoms with E-state index in [1.165, 1.54) is 0 Å². The first-order chi connectivity index (χ1) is 5.31. The van der Waals surface area contributed by atoms with E-state index in [0.717, 1.165) is 19.4 Å². The van der Waals surface area contributed by atoms with Gasteiger partial charge in [0.05, 0.1) is 13.2 Å². The first-order valence-electron chi connectivity index (χ1n) is 4.21. The molecule has 3 heteroatoms. The second-order valence-corrected chi connectivity index (χ2v) is 3.21. The smallest absolute Gasteiger partial charge is 0.191 e. The summed E-state index contributed by atoms with van der Waals surface area (Å²) in [5, 5.41) is 0. The quantitative estimate of drug-likeness (QED) is 0.568. The van der Waals surface area contributed by atoms with Crippen LogP contribution in [-0.4, -0.2) is 31.7 Å². The zero-order chi connectivity index (χ0) is 7.73. The molecule has 2 heterocycles. The molecule has 0 aromatic rings. The Kier molecular flexibility index (Phi) is 1.87. The molecule has 2 fully saturated rings. The van der Waals surface area contributed by atoms with E-state index in [4.69, 9.17) is 14.2 Å². The second-order valence-electron chi connectivity index (χ2n) is 3.21. The summed E-state index contributed by atoms with van der Waals surface area (Å²) >= 11 is 0. The molecule has 0 spiro atoms. The molecule has 0 N–H and O–H groups in total. The number of rotatable bonds is 1. The Labute approximate surface area is 66.6 Å². The van der Waals surface area contributed by atoms with Gasteiger partial charge in [-0.2, -0.15) is 0 Å². The maximum absolute atomic E-state index is 5.49. The van der Waals surface area contributed by atoms with Gasteiger partial charge in [-0.3, -0.25) is 0 Å². The predicted octanol–water partition coefficient (Wildman–Crippen LogP) is 0.928. The molecule has 0 aromatic heterocycles. The average molecular weight is 158 g/mol. The van der Waals surface area contributed by atoms with Crippen molar-refractivity contribution in [3.05, 3.63) is 0 Å².